The normalized spacial score (nSPS) is 25.3. The SMILES string of the molecule is Clc1ccc(C(NCC2CCOC2)C2CC2)cc1. The number of rotatable bonds is 5. The van der Waals surface area contributed by atoms with Gasteiger partial charge in [0.1, 0.15) is 0 Å². The van der Waals surface area contributed by atoms with Gasteiger partial charge in [0.05, 0.1) is 6.61 Å². The first-order chi connectivity index (χ1) is 8.83. The van der Waals surface area contributed by atoms with E-state index in [0.29, 0.717) is 12.0 Å². The number of halogens is 1. The minimum Gasteiger partial charge on any atom is -0.381 e. The molecule has 0 spiro atoms. The Morgan fingerprint density at radius 1 is 1.22 bits per heavy atom. The number of nitrogens with one attached hydrogen (secondary N) is 1. The molecule has 2 aliphatic rings. The Morgan fingerprint density at radius 2 is 2.00 bits per heavy atom. The molecule has 18 heavy (non-hydrogen) atoms. The fourth-order valence-electron chi connectivity index (χ4n) is 2.69. The van der Waals surface area contributed by atoms with E-state index >= 15 is 0 Å². The molecule has 1 N–H and O–H groups in total. The third-order valence-corrected chi connectivity index (χ3v) is 4.22. The zero-order valence-corrected chi connectivity index (χ0v) is 11.3. The smallest absolute Gasteiger partial charge is 0.0507 e. The summed E-state index contributed by atoms with van der Waals surface area (Å²) in [6.07, 6.45) is 3.90. The summed E-state index contributed by atoms with van der Waals surface area (Å²) < 4.78 is 5.43. The van der Waals surface area contributed by atoms with Crippen LogP contribution in [0.25, 0.3) is 0 Å². The van der Waals surface area contributed by atoms with Gasteiger partial charge in [-0.15, -0.1) is 0 Å². The van der Waals surface area contributed by atoms with E-state index in [-0.39, 0.29) is 0 Å². The third-order valence-electron chi connectivity index (χ3n) is 3.97. The lowest BCUT2D eigenvalue weighted by atomic mass is 10.0. The van der Waals surface area contributed by atoms with Crippen LogP contribution in [0.1, 0.15) is 30.9 Å². The maximum Gasteiger partial charge on any atom is 0.0507 e. The van der Waals surface area contributed by atoms with Crippen molar-refractivity contribution in [3.63, 3.8) is 0 Å². The summed E-state index contributed by atoms with van der Waals surface area (Å²) in [5.41, 5.74) is 1.38. The molecule has 3 rings (SSSR count). The van der Waals surface area contributed by atoms with E-state index in [1.807, 2.05) is 12.1 Å². The summed E-state index contributed by atoms with van der Waals surface area (Å²) in [5, 5.41) is 4.55. The fourth-order valence-corrected chi connectivity index (χ4v) is 2.82. The van der Waals surface area contributed by atoms with Crippen molar-refractivity contribution in [2.24, 2.45) is 11.8 Å². The lowest BCUT2D eigenvalue weighted by Gasteiger charge is -2.21. The van der Waals surface area contributed by atoms with Gasteiger partial charge in [-0.1, -0.05) is 23.7 Å². The summed E-state index contributed by atoms with van der Waals surface area (Å²) in [5.74, 6) is 1.51. The van der Waals surface area contributed by atoms with E-state index in [4.69, 9.17) is 16.3 Å². The molecule has 1 aliphatic heterocycles. The van der Waals surface area contributed by atoms with Crippen molar-refractivity contribution in [3.8, 4) is 0 Å². The van der Waals surface area contributed by atoms with E-state index in [9.17, 15) is 0 Å². The number of ether oxygens (including phenoxy) is 1. The molecule has 1 saturated carbocycles. The summed E-state index contributed by atoms with van der Waals surface area (Å²) in [6, 6.07) is 8.80. The predicted molar refractivity (Wildman–Crippen MR) is 73.8 cm³/mol. The zero-order chi connectivity index (χ0) is 12.4. The number of hydrogen-bond donors (Lipinski definition) is 1. The van der Waals surface area contributed by atoms with Crippen molar-refractivity contribution in [2.45, 2.75) is 25.3 Å². The minimum absolute atomic E-state index is 0.503. The van der Waals surface area contributed by atoms with Crippen molar-refractivity contribution in [2.75, 3.05) is 19.8 Å². The van der Waals surface area contributed by atoms with Gasteiger partial charge in [-0.3, -0.25) is 0 Å². The minimum atomic E-state index is 0.503. The molecule has 3 heteroatoms. The van der Waals surface area contributed by atoms with Crippen molar-refractivity contribution in [1.29, 1.82) is 0 Å². The first-order valence-corrected chi connectivity index (χ1v) is 7.27. The summed E-state index contributed by atoms with van der Waals surface area (Å²) in [7, 11) is 0. The van der Waals surface area contributed by atoms with Crippen LogP contribution in [0.5, 0.6) is 0 Å². The van der Waals surface area contributed by atoms with Gasteiger partial charge in [0, 0.05) is 24.2 Å². The average Bonchev–Trinajstić information content (AvgIpc) is 3.08. The Kier molecular flexibility index (Phi) is 3.88. The van der Waals surface area contributed by atoms with Crippen LogP contribution in [-0.4, -0.2) is 19.8 Å². The van der Waals surface area contributed by atoms with Gasteiger partial charge in [0.25, 0.3) is 0 Å². The highest BCUT2D eigenvalue weighted by atomic mass is 35.5. The summed E-state index contributed by atoms with van der Waals surface area (Å²) >= 11 is 5.96. The second-order valence-electron chi connectivity index (χ2n) is 5.50. The molecule has 0 aromatic heterocycles. The Labute approximate surface area is 114 Å². The quantitative estimate of drug-likeness (QED) is 0.881. The standard InChI is InChI=1S/C15H20ClNO/c16-14-5-3-13(4-6-14)15(12-1-2-12)17-9-11-7-8-18-10-11/h3-6,11-12,15,17H,1-2,7-10H2. The average molecular weight is 266 g/mol. The van der Waals surface area contributed by atoms with Crippen molar-refractivity contribution < 1.29 is 4.74 Å². The Balaban J connectivity index is 1.62. The number of benzene rings is 1. The van der Waals surface area contributed by atoms with Crippen LogP contribution in [0.3, 0.4) is 0 Å². The molecule has 1 aromatic carbocycles. The van der Waals surface area contributed by atoms with Gasteiger partial charge < -0.3 is 10.1 Å². The largest absolute Gasteiger partial charge is 0.381 e. The molecule has 2 nitrogen and oxygen atoms in total. The first kappa shape index (κ1) is 12.5. The van der Waals surface area contributed by atoms with Crippen LogP contribution < -0.4 is 5.32 Å². The van der Waals surface area contributed by atoms with Crippen LogP contribution in [-0.2, 0) is 4.74 Å². The Bertz CT molecular complexity index is 382. The van der Waals surface area contributed by atoms with Crippen LogP contribution >= 0.6 is 11.6 Å². The molecule has 0 radical (unpaired) electrons. The molecule has 1 saturated heterocycles. The molecule has 2 unspecified atom stereocenters. The second-order valence-corrected chi connectivity index (χ2v) is 5.94. The van der Waals surface area contributed by atoms with Crippen molar-refractivity contribution >= 4 is 11.6 Å². The first-order valence-electron chi connectivity index (χ1n) is 6.89. The molecule has 2 atom stereocenters. The van der Waals surface area contributed by atoms with Gasteiger partial charge in [-0.25, -0.2) is 0 Å². The van der Waals surface area contributed by atoms with Crippen LogP contribution in [0.2, 0.25) is 5.02 Å². The van der Waals surface area contributed by atoms with E-state index in [1.165, 1.54) is 24.8 Å². The fraction of sp³-hybridized carbons (Fsp3) is 0.600. The Morgan fingerprint density at radius 3 is 2.61 bits per heavy atom. The summed E-state index contributed by atoms with van der Waals surface area (Å²) in [6.45, 7) is 2.93. The highest BCUT2D eigenvalue weighted by Gasteiger charge is 2.32. The van der Waals surface area contributed by atoms with Crippen LogP contribution in [0, 0.1) is 11.8 Å². The highest BCUT2D eigenvalue weighted by Crippen LogP contribution is 2.41. The van der Waals surface area contributed by atoms with Crippen molar-refractivity contribution in [3.05, 3.63) is 34.9 Å². The van der Waals surface area contributed by atoms with E-state index in [2.05, 4.69) is 17.4 Å². The highest BCUT2D eigenvalue weighted by molar-refractivity contribution is 6.30. The molecule has 0 amide bonds. The molecular weight excluding hydrogens is 246 g/mol. The van der Waals surface area contributed by atoms with Gasteiger partial charge in [0.15, 0.2) is 0 Å². The molecule has 1 aliphatic carbocycles. The van der Waals surface area contributed by atoms with Gasteiger partial charge in [-0.2, -0.15) is 0 Å². The lowest BCUT2D eigenvalue weighted by Crippen LogP contribution is -2.29. The van der Waals surface area contributed by atoms with E-state index in [0.717, 1.165) is 30.7 Å². The van der Waals surface area contributed by atoms with Crippen LogP contribution in [0.15, 0.2) is 24.3 Å². The number of hydrogen-bond acceptors (Lipinski definition) is 2. The molecule has 1 heterocycles. The predicted octanol–water partition coefficient (Wildman–Crippen LogP) is 3.42. The molecule has 2 fully saturated rings. The maximum absolute atomic E-state index is 5.96. The van der Waals surface area contributed by atoms with Crippen molar-refractivity contribution in [1.82, 2.24) is 5.32 Å². The third kappa shape index (κ3) is 3.05. The van der Waals surface area contributed by atoms with E-state index in [1.54, 1.807) is 0 Å². The van der Waals surface area contributed by atoms with Gasteiger partial charge in [0.2, 0.25) is 0 Å². The van der Waals surface area contributed by atoms with E-state index < -0.39 is 0 Å². The Hall–Kier alpha value is -0.570. The van der Waals surface area contributed by atoms with Gasteiger partial charge in [-0.05, 0) is 48.8 Å². The molecule has 98 valence electrons. The zero-order valence-electron chi connectivity index (χ0n) is 10.6. The topological polar surface area (TPSA) is 21.3 Å². The molecular formula is C15H20ClNO. The maximum atomic E-state index is 5.96. The monoisotopic (exact) mass is 265 g/mol. The molecule has 1 aromatic rings. The molecule has 0 bridgehead atoms. The van der Waals surface area contributed by atoms with Crippen LogP contribution in [0.4, 0.5) is 0 Å². The second kappa shape index (κ2) is 5.60. The van der Waals surface area contributed by atoms with Gasteiger partial charge >= 0.3 is 0 Å². The lowest BCUT2D eigenvalue weighted by molar-refractivity contribution is 0.184. The summed E-state index contributed by atoms with van der Waals surface area (Å²) in [4.78, 5) is 0.